The molecule has 0 saturated heterocycles. The molecule has 0 aliphatic carbocycles. The van der Waals surface area contributed by atoms with E-state index in [-0.39, 0.29) is 5.56 Å². The molecule has 0 unspecified atom stereocenters. The Balaban J connectivity index is 3.25. The van der Waals surface area contributed by atoms with Crippen LogP contribution in [0.25, 0.3) is 0 Å². The van der Waals surface area contributed by atoms with Crippen LogP contribution in [0.4, 0.5) is 13.2 Å². The first-order chi connectivity index (χ1) is 7.69. The van der Waals surface area contributed by atoms with Crippen LogP contribution in [0.3, 0.4) is 0 Å². The number of aryl methyl sites for hydroxylation is 1. The van der Waals surface area contributed by atoms with Crippen molar-refractivity contribution < 1.29 is 27.8 Å². The summed E-state index contributed by atoms with van der Waals surface area (Å²) in [5, 5.41) is 8.51. The van der Waals surface area contributed by atoms with Crippen LogP contribution in [0.1, 0.15) is 11.3 Å². The molecule has 0 aliphatic heterocycles. The molecule has 0 amide bonds. The van der Waals surface area contributed by atoms with Crippen molar-refractivity contribution in [2.75, 3.05) is 0 Å². The number of alkyl halides is 3. The maximum atomic E-state index is 12.1. The molecule has 1 rings (SSSR count). The van der Waals surface area contributed by atoms with E-state index in [9.17, 15) is 22.8 Å². The highest BCUT2D eigenvalue weighted by Crippen LogP contribution is 2.27. The van der Waals surface area contributed by atoms with E-state index >= 15 is 0 Å². The molecule has 0 atom stereocenters. The van der Waals surface area contributed by atoms with Gasteiger partial charge in [-0.25, -0.2) is 0 Å². The standard InChI is InChI=1S/C9H8F3NO4/c1-4-2-6(14)13-5(3-7(15)16)8(4)17-9(10,11)12/h2H,3H2,1H3,(H,13,14)(H,15,16). The number of H-pyrrole nitrogens is 1. The normalized spacial score (nSPS) is 11.3. The molecule has 0 aliphatic rings. The SMILES string of the molecule is Cc1cc(=O)[nH]c(CC(=O)O)c1OC(F)(F)F. The summed E-state index contributed by atoms with van der Waals surface area (Å²) in [4.78, 5) is 23.5. The molecule has 0 spiro atoms. The fraction of sp³-hybridized carbons (Fsp3) is 0.333. The Labute approximate surface area is 92.8 Å². The van der Waals surface area contributed by atoms with E-state index in [0.717, 1.165) is 6.07 Å². The van der Waals surface area contributed by atoms with Crippen LogP contribution in [0.2, 0.25) is 0 Å². The number of aromatic amines is 1. The molecule has 0 saturated carbocycles. The minimum absolute atomic E-state index is 0.0812. The van der Waals surface area contributed by atoms with Gasteiger partial charge in [0.15, 0.2) is 5.75 Å². The quantitative estimate of drug-likeness (QED) is 0.846. The summed E-state index contributed by atoms with van der Waals surface area (Å²) >= 11 is 0. The van der Waals surface area contributed by atoms with Crippen LogP contribution in [0.5, 0.6) is 5.75 Å². The molecule has 8 heteroatoms. The van der Waals surface area contributed by atoms with E-state index in [0.29, 0.717) is 0 Å². The van der Waals surface area contributed by atoms with E-state index in [1.807, 2.05) is 4.98 Å². The van der Waals surface area contributed by atoms with Gasteiger partial charge in [-0.3, -0.25) is 9.59 Å². The van der Waals surface area contributed by atoms with E-state index in [4.69, 9.17) is 5.11 Å². The molecule has 0 fully saturated rings. The van der Waals surface area contributed by atoms with Crippen LogP contribution in [0.15, 0.2) is 10.9 Å². The molecule has 2 N–H and O–H groups in total. The second kappa shape index (κ2) is 4.48. The number of aromatic nitrogens is 1. The first-order valence-corrected chi connectivity index (χ1v) is 4.39. The molecule has 0 aromatic carbocycles. The Morgan fingerprint density at radius 3 is 2.59 bits per heavy atom. The van der Waals surface area contributed by atoms with Gasteiger partial charge in [-0.1, -0.05) is 0 Å². The molecule has 1 heterocycles. The number of aliphatic carboxylic acids is 1. The molecule has 1 aromatic rings. The van der Waals surface area contributed by atoms with Crippen LogP contribution in [-0.2, 0) is 11.2 Å². The molecular weight excluding hydrogens is 243 g/mol. The summed E-state index contributed by atoms with van der Waals surface area (Å²) in [6, 6.07) is 0.895. The van der Waals surface area contributed by atoms with Gasteiger partial charge in [-0.05, 0) is 12.5 Å². The minimum Gasteiger partial charge on any atom is -0.481 e. The van der Waals surface area contributed by atoms with Crippen LogP contribution >= 0.6 is 0 Å². The summed E-state index contributed by atoms with van der Waals surface area (Å²) in [6.07, 6.45) is -5.71. The molecule has 94 valence electrons. The minimum atomic E-state index is -4.95. The van der Waals surface area contributed by atoms with Gasteiger partial charge in [0.05, 0.1) is 12.1 Å². The number of nitrogens with one attached hydrogen (secondary N) is 1. The van der Waals surface area contributed by atoms with Gasteiger partial charge in [0.1, 0.15) is 0 Å². The zero-order valence-corrected chi connectivity index (χ0v) is 8.59. The second-order valence-corrected chi connectivity index (χ2v) is 3.24. The van der Waals surface area contributed by atoms with E-state index in [2.05, 4.69) is 4.74 Å². The maximum Gasteiger partial charge on any atom is 0.573 e. The van der Waals surface area contributed by atoms with Crippen molar-refractivity contribution in [1.29, 1.82) is 0 Å². The number of pyridine rings is 1. The molecule has 0 bridgehead atoms. The first-order valence-electron chi connectivity index (χ1n) is 4.39. The predicted octanol–water partition coefficient (Wildman–Crippen LogP) is 1.21. The number of ether oxygens (including phenoxy) is 1. The number of carboxylic acid groups (broad SMARTS) is 1. The van der Waals surface area contributed by atoms with Crippen molar-refractivity contribution in [3.05, 3.63) is 27.7 Å². The third kappa shape index (κ3) is 3.82. The second-order valence-electron chi connectivity index (χ2n) is 3.24. The number of hydrogen-bond acceptors (Lipinski definition) is 3. The van der Waals surface area contributed by atoms with Gasteiger partial charge in [0.25, 0.3) is 0 Å². The average molecular weight is 251 g/mol. The maximum absolute atomic E-state index is 12.1. The average Bonchev–Trinajstić information content (AvgIpc) is 2.08. The van der Waals surface area contributed by atoms with Crippen molar-refractivity contribution in [2.45, 2.75) is 19.7 Å². The molecule has 5 nitrogen and oxygen atoms in total. The highest BCUT2D eigenvalue weighted by molar-refractivity contribution is 5.70. The molecule has 0 radical (unpaired) electrons. The lowest BCUT2D eigenvalue weighted by Gasteiger charge is -2.14. The van der Waals surface area contributed by atoms with Crippen molar-refractivity contribution in [1.82, 2.24) is 4.98 Å². The van der Waals surface area contributed by atoms with Gasteiger partial charge in [-0.2, -0.15) is 0 Å². The van der Waals surface area contributed by atoms with Crippen LogP contribution in [0, 0.1) is 6.92 Å². The molecular formula is C9H8F3NO4. The Morgan fingerprint density at radius 2 is 2.12 bits per heavy atom. The van der Waals surface area contributed by atoms with Crippen molar-refractivity contribution in [3.8, 4) is 5.75 Å². The summed E-state index contributed by atoms with van der Waals surface area (Å²) in [5.41, 5.74) is -1.18. The Hall–Kier alpha value is -1.99. The fourth-order valence-electron chi connectivity index (χ4n) is 1.28. The molecule has 17 heavy (non-hydrogen) atoms. The Morgan fingerprint density at radius 1 is 1.53 bits per heavy atom. The van der Waals surface area contributed by atoms with Crippen LogP contribution in [-0.4, -0.2) is 22.4 Å². The van der Waals surface area contributed by atoms with Gasteiger partial charge < -0.3 is 14.8 Å². The third-order valence-corrected chi connectivity index (χ3v) is 1.80. The van der Waals surface area contributed by atoms with Gasteiger partial charge in [-0.15, -0.1) is 13.2 Å². The Bertz CT molecular complexity index is 492. The van der Waals surface area contributed by atoms with Crippen molar-refractivity contribution in [3.63, 3.8) is 0 Å². The fourth-order valence-corrected chi connectivity index (χ4v) is 1.28. The van der Waals surface area contributed by atoms with E-state index < -0.39 is 35.8 Å². The summed E-state index contributed by atoms with van der Waals surface area (Å²) in [6.45, 7) is 1.22. The largest absolute Gasteiger partial charge is 0.573 e. The van der Waals surface area contributed by atoms with E-state index in [1.54, 1.807) is 0 Å². The zero-order chi connectivity index (χ0) is 13.2. The third-order valence-electron chi connectivity index (χ3n) is 1.80. The monoisotopic (exact) mass is 251 g/mol. The summed E-state index contributed by atoms with van der Waals surface area (Å²) in [7, 11) is 0. The number of halogens is 3. The lowest BCUT2D eigenvalue weighted by atomic mass is 10.2. The summed E-state index contributed by atoms with van der Waals surface area (Å²) < 4.78 is 39.9. The van der Waals surface area contributed by atoms with E-state index in [1.165, 1.54) is 6.92 Å². The highest BCUT2D eigenvalue weighted by atomic mass is 19.4. The zero-order valence-electron chi connectivity index (χ0n) is 8.59. The number of hydrogen-bond donors (Lipinski definition) is 2. The lowest BCUT2D eigenvalue weighted by molar-refractivity contribution is -0.275. The lowest BCUT2D eigenvalue weighted by Crippen LogP contribution is -2.22. The van der Waals surface area contributed by atoms with Crippen molar-refractivity contribution in [2.24, 2.45) is 0 Å². The Kier molecular flexibility index (Phi) is 3.45. The number of carboxylic acids is 1. The van der Waals surface area contributed by atoms with Crippen molar-refractivity contribution >= 4 is 5.97 Å². The van der Waals surface area contributed by atoms with Crippen LogP contribution < -0.4 is 10.3 Å². The number of carbonyl (C=O) groups is 1. The first kappa shape index (κ1) is 13.1. The van der Waals surface area contributed by atoms with Gasteiger partial charge in [0.2, 0.25) is 5.56 Å². The van der Waals surface area contributed by atoms with Gasteiger partial charge >= 0.3 is 12.3 Å². The topological polar surface area (TPSA) is 79.4 Å². The van der Waals surface area contributed by atoms with Gasteiger partial charge in [0, 0.05) is 6.07 Å². The predicted molar refractivity (Wildman–Crippen MR) is 49.8 cm³/mol. The number of rotatable bonds is 3. The smallest absolute Gasteiger partial charge is 0.481 e. The summed E-state index contributed by atoms with van der Waals surface area (Å²) in [5.74, 6) is -2.06. The molecule has 1 aromatic heterocycles. The highest BCUT2D eigenvalue weighted by Gasteiger charge is 2.33.